The van der Waals surface area contributed by atoms with Crippen LogP contribution in [0.5, 0.6) is 0 Å². The molecule has 6 nitrogen and oxygen atoms in total. The first-order chi connectivity index (χ1) is 16.2. The van der Waals surface area contributed by atoms with Crippen LogP contribution in [0.2, 0.25) is 5.02 Å². The van der Waals surface area contributed by atoms with Crippen molar-refractivity contribution in [1.82, 2.24) is 14.7 Å². The van der Waals surface area contributed by atoms with Gasteiger partial charge in [0.15, 0.2) is 0 Å². The summed E-state index contributed by atoms with van der Waals surface area (Å²) >= 11 is 6.29. The van der Waals surface area contributed by atoms with Gasteiger partial charge >= 0.3 is 0 Å². The number of aromatic nitrogens is 2. The largest absolute Gasteiger partial charge is 0.345 e. The molecule has 0 aliphatic rings. The molecule has 0 fully saturated rings. The molecular weight excluding hydrogens is 455 g/mol. The van der Waals surface area contributed by atoms with E-state index in [1.54, 1.807) is 44.6 Å². The van der Waals surface area contributed by atoms with Crippen molar-refractivity contribution in [1.29, 1.82) is 0 Å². The Bertz CT molecular complexity index is 1360. The van der Waals surface area contributed by atoms with Crippen molar-refractivity contribution in [2.45, 2.75) is 6.92 Å². The van der Waals surface area contributed by atoms with Gasteiger partial charge in [-0.1, -0.05) is 41.4 Å². The molecule has 0 unspecified atom stereocenters. The van der Waals surface area contributed by atoms with E-state index in [0.717, 1.165) is 11.1 Å². The SMILES string of the molecule is Cc1ccc(-c2nn(-c3ccc(F)cc3)cc2C(=O)Nc2ccc(C(=O)N(C)C)c(Cl)c2)cc1. The lowest BCUT2D eigenvalue weighted by Crippen LogP contribution is -2.22. The van der Waals surface area contributed by atoms with Crippen molar-refractivity contribution < 1.29 is 14.0 Å². The molecule has 1 N–H and O–H groups in total. The van der Waals surface area contributed by atoms with Crippen molar-refractivity contribution in [2.24, 2.45) is 0 Å². The van der Waals surface area contributed by atoms with Crippen LogP contribution in [0, 0.1) is 12.7 Å². The van der Waals surface area contributed by atoms with Gasteiger partial charge in [-0.2, -0.15) is 5.10 Å². The minimum atomic E-state index is -0.397. The van der Waals surface area contributed by atoms with E-state index in [-0.39, 0.29) is 16.7 Å². The summed E-state index contributed by atoms with van der Waals surface area (Å²) in [6, 6.07) is 18.2. The molecule has 0 atom stereocenters. The van der Waals surface area contributed by atoms with Gasteiger partial charge in [0.2, 0.25) is 0 Å². The van der Waals surface area contributed by atoms with Crippen LogP contribution in [0.1, 0.15) is 26.3 Å². The number of benzene rings is 3. The van der Waals surface area contributed by atoms with Crippen molar-refractivity contribution in [2.75, 3.05) is 19.4 Å². The van der Waals surface area contributed by atoms with E-state index in [2.05, 4.69) is 10.4 Å². The number of nitrogens with zero attached hydrogens (tertiary/aromatic N) is 3. The molecule has 172 valence electrons. The zero-order valence-electron chi connectivity index (χ0n) is 18.8. The molecule has 3 aromatic carbocycles. The summed E-state index contributed by atoms with van der Waals surface area (Å²) < 4.78 is 14.9. The number of rotatable bonds is 5. The molecule has 0 radical (unpaired) electrons. The number of hydrogen-bond donors (Lipinski definition) is 1. The second-order valence-corrected chi connectivity index (χ2v) is 8.43. The van der Waals surface area contributed by atoms with Crippen LogP contribution >= 0.6 is 11.6 Å². The highest BCUT2D eigenvalue weighted by Gasteiger charge is 2.20. The number of amides is 2. The molecule has 34 heavy (non-hydrogen) atoms. The van der Waals surface area contributed by atoms with Gasteiger partial charge in [-0.15, -0.1) is 0 Å². The smallest absolute Gasteiger partial charge is 0.259 e. The number of carbonyl (C=O) groups excluding carboxylic acids is 2. The standard InChI is InChI=1S/C26H22ClFN4O2/c1-16-4-6-17(7-5-16)24-22(15-32(30-24)20-11-8-18(28)9-12-20)25(33)29-19-10-13-21(23(27)14-19)26(34)31(2)3/h4-15H,1-3H3,(H,29,33). The average molecular weight is 477 g/mol. The first-order valence-corrected chi connectivity index (χ1v) is 10.9. The quantitative estimate of drug-likeness (QED) is 0.408. The summed E-state index contributed by atoms with van der Waals surface area (Å²) in [4.78, 5) is 26.9. The summed E-state index contributed by atoms with van der Waals surface area (Å²) in [7, 11) is 3.28. The van der Waals surface area contributed by atoms with E-state index in [9.17, 15) is 14.0 Å². The van der Waals surface area contributed by atoms with Gasteiger partial charge in [0, 0.05) is 31.5 Å². The minimum absolute atomic E-state index is 0.231. The number of nitrogens with one attached hydrogen (secondary N) is 1. The molecule has 1 heterocycles. The monoisotopic (exact) mass is 476 g/mol. The molecular formula is C26H22ClFN4O2. The van der Waals surface area contributed by atoms with E-state index in [4.69, 9.17) is 11.6 Å². The van der Waals surface area contributed by atoms with Crippen LogP contribution in [0.15, 0.2) is 72.9 Å². The van der Waals surface area contributed by atoms with E-state index in [0.29, 0.717) is 28.2 Å². The highest BCUT2D eigenvalue weighted by molar-refractivity contribution is 6.34. The summed E-state index contributed by atoms with van der Waals surface area (Å²) in [6.45, 7) is 1.98. The number of carbonyl (C=O) groups is 2. The van der Waals surface area contributed by atoms with Gasteiger partial charge in [-0.25, -0.2) is 9.07 Å². The zero-order valence-corrected chi connectivity index (χ0v) is 19.6. The number of halogens is 2. The Balaban J connectivity index is 1.70. The Hall–Kier alpha value is -3.97. The summed E-state index contributed by atoms with van der Waals surface area (Å²) in [5.41, 5.74) is 4.05. The van der Waals surface area contributed by atoms with Gasteiger partial charge < -0.3 is 10.2 Å². The first-order valence-electron chi connectivity index (χ1n) is 10.5. The first kappa shape index (κ1) is 23.2. The van der Waals surface area contributed by atoms with Crippen LogP contribution in [0.25, 0.3) is 16.9 Å². The summed E-state index contributed by atoms with van der Waals surface area (Å²) in [6.07, 6.45) is 1.60. The predicted molar refractivity (Wildman–Crippen MR) is 131 cm³/mol. The molecule has 2 amide bonds. The Labute approximate surface area is 201 Å². The third-order valence-electron chi connectivity index (χ3n) is 5.24. The molecule has 0 aliphatic heterocycles. The molecule has 0 bridgehead atoms. The van der Waals surface area contributed by atoms with Gasteiger partial charge in [0.1, 0.15) is 11.5 Å². The molecule has 0 aliphatic carbocycles. The highest BCUT2D eigenvalue weighted by atomic mass is 35.5. The number of hydrogen-bond acceptors (Lipinski definition) is 3. The van der Waals surface area contributed by atoms with Crippen molar-refractivity contribution in [3.8, 4) is 16.9 Å². The molecule has 0 spiro atoms. The van der Waals surface area contributed by atoms with Gasteiger partial charge in [0.05, 0.1) is 21.8 Å². The summed E-state index contributed by atoms with van der Waals surface area (Å²) in [5, 5.41) is 7.67. The maximum Gasteiger partial charge on any atom is 0.259 e. The van der Waals surface area contributed by atoms with Crippen LogP contribution in [0.4, 0.5) is 10.1 Å². The fourth-order valence-corrected chi connectivity index (χ4v) is 3.66. The van der Waals surface area contributed by atoms with Gasteiger partial charge in [0.25, 0.3) is 11.8 Å². The van der Waals surface area contributed by atoms with Crippen molar-refractivity contribution in [3.63, 3.8) is 0 Å². The minimum Gasteiger partial charge on any atom is -0.345 e. The van der Waals surface area contributed by atoms with E-state index < -0.39 is 5.91 Å². The Morgan fingerprint density at radius 2 is 1.65 bits per heavy atom. The van der Waals surface area contributed by atoms with Crippen LogP contribution in [0.3, 0.4) is 0 Å². The number of aryl methyl sites for hydroxylation is 1. The number of anilines is 1. The van der Waals surface area contributed by atoms with E-state index in [1.807, 2.05) is 31.2 Å². The molecule has 0 saturated carbocycles. The van der Waals surface area contributed by atoms with Gasteiger partial charge in [-0.05, 0) is 49.4 Å². The fraction of sp³-hybridized carbons (Fsp3) is 0.115. The summed E-state index contributed by atoms with van der Waals surface area (Å²) in [5.74, 6) is -0.988. The van der Waals surface area contributed by atoms with Crippen LogP contribution in [-0.4, -0.2) is 40.6 Å². The topological polar surface area (TPSA) is 67.2 Å². The Kier molecular flexibility index (Phi) is 6.47. The Morgan fingerprint density at radius 1 is 0.971 bits per heavy atom. The van der Waals surface area contributed by atoms with Crippen molar-refractivity contribution >= 4 is 29.1 Å². The Morgan fingerprint density at radius 3 is 2.26 bits per heavy atom. The lowest BCUT2D eigenvalue weighted by Gasteiger charge is -2.13. The zero-order chi connectivity index (χ0) is 24.4. The fourth-order valence-electron chi connectivity index (χ4n) is 3.40. The third-order valence-corrected chi connectivity index (χ3v) is 5.55. The lowest BCUT2D eigenvalue weighted by molar-refractivity contribution is 0.0827. The molecule has 8 heteroatoms. The normalized spacial score (nSPS) is 10.7. The van der Waals surface area contributed by atoms with Gasteiger partial charge in [-0.3, -0.25) is 9.59 Å². The third kappa shape index (κ3) is 4.84. The van der Waals surface area contributed by atoms with E-state index >= 15 is 0 Å². The molecule has 4 rings (SSSR count). The second kappa shape index (κ2) is 9.49. The second-order valence-electron chi connectivity index (χ2n) is 8.03. The molecule has 0 saturated heterocycles. The predicted octanol–water partition coefficient (Wildman–Crippen LogP) is 5.59. The highest BCUT2D eigenvalue weighted by Crippen LogP contribution is 2.27. The molecule has 1 aromatic heterocycles. The average Bonchev–Trinajstić information content (AvgIpc) is 3.25. The maximum absolute atomic E-state index is 13.4. The van der Waals surface area contributed by atoms with E-state index in [1.165, 1.54) is 27.8 Å². The molecule has 4 aromatic rings. The maximum atomic E-state index is 13.4. The van der Waals surface area contributed by atoms with Crippen LogP contribution in [-0.2, 0) is 0 Å². The van der Waals surface area contributed by atoms with Crippen molar-refractivity contribution in [3.05, 3.63) is 100 Å². The van der Waals surface area contributed by atoms with Crippen LogP contribution < -0.4 is 5.32 Å². The lowest BCUT2D eigenvalue weighted by atomic mass is 10.1.